The van der Waals surface area contributed by atoms with E-state index in [1.165, 1.54) is 7.05 Å². The summed E-state index contributed by atoms with van der Waals surface area (Å²) in [4.78, 5) is 35.4. The number of likely N-dealkylation sites (N-methyl/N-ethyl adjacent to an activating group) is 1. The molecule has 28 heavy (non-hydrogen) atoms. The van der Waals surface area contributed by atoms with Gasteiger partial charge in [-0.2, -0.15) is 0 Å². The van der Waals surface area contributed by atoms with E-state index in [4.69, 9.17) is 4.42 Å². The lowest BCUT2D eigenvalue weighted by Gasteiger charge is -2.11. The Morgan fingerprint density at radius 3 is 2.79 bits per heavy atom. The van der Waals surface area contributed by atoms with E-state index in [0.717, 1.165) is 30.5 Å². The van der Waals surface area contributed by atoms with Gasteiger partial charge in [-0.05, 0) is 43.1 Å². The number of rotatable bonds is 7. The summed E-state index contributed by atoms with van der Waals surface area (Å²) in [6.45, 7) is 1.19. The zero-order valence-electron chi connectivity index (χ0n) is 15.7. The third kappa shape index (κ3) is 4.98. The fourth-order valence-corrected chi connectivity index (χ4v) is 3.01. The van der Waals surface area contributed by atoms with E-state index in [-0.39, 0.29) is 30.2 Å². The number of benzene rings is 1. The monoisotopic (exact) mass is 384 g/mol. The number of hydrogen-bond donors (Lipinski definition) is 4. The third-order valence-corrected chi connectivity index (χ3v) is 4.57. The molecule has 3 amide bonds. The van der Waals surface area contributed by atoms with Crippen molar-refractivity contribution >= 4 is 17.7 Å². The Morgan fingerprint density at radius 2 is 2.04 bits per heavy atom. The predicted octanol–water partition coefficient (Wildman–Crippen LogP) is 0.791. The first kappa shape index (κ1) is 19.6. The lowest BCUT2D eigenvalue weighted by molar-refractivity contribution is -0.123. The molecule has 3 rings (SSSR count). The summed E-state index contributed by atoms with van der Waals surface area (Å²) in [6.07, 6.45) is 1.88. The second-order valence-electron chi connectivity index (χ2n) is 6.59. The SMILES string of the molecule is CNC(=O)CNC(=O)c1ccc(-c2cccc(CNC(=O)C3CCCN3)c2)o1. The van der Waals surface area contributed by atoms with E-state index < -0.39 is 5.91 Å². The van der Waals surface area contributed by atoms with Crippen LogP contribution in [-0.2, 0) is 16.1 Å². The van der Waals surface area contributed by atoms with Gasteiger partial charge in [0.1, 0.15) is 5.76 Å². The van der Waals surface area contributed by atoms with Gasteiger partial charge in [0.15, 0.2) is 5.76 Å². The molecule has 0 spiro atoms. The molecule has 1 fully saturated rings. The van der Waals surface area contributed by atoms with Gasteiger partial charge in [0, 0.05) is 19.2 Å². The Labute approximate surface area is 163 Å². The molecule has 1 aromatic heterocycles. The molecule has 2 heterocycles. The van der Waals surface area contributed by atoms with Crippen LogP contribution in [0.3, 0.4) is 0 Å². The Hall–Kier alpha value is -3.13. The van der Waals surface area contributed by atoms with Crippen LogP contribution >= 0.6 is 0 Å². The molecule has 1 unspecified atom stereocenters. The maximum atomic E-state index is 12.1. The Bertz CT molecular complexity index is 855. The van der Waals surface area contributed by atoms with Gasteiger partial charge in [0.25, 0.3) is 5.91 Å². The van der Waals surface area contributed by atoms with Crippen LogP contribution in [0, 0.1) is 0 Å². The number of carbonyl (C=O) groups is 3. The van der Waals surface area contributed by atoms with Gasteiger partial charge in [-0.15, -0.1) is 0 Å². The molecule has 0 bridgehead atoms. The van der Waals surface area contributed by atoms with Crippen molar-refractivity contribution in [3.63, 3.8) is 0 Å². The first-order chi connectivity index (χ1) is 13.6. The van der Waals surface area contributed by atoms with Gasteiger partial charge < -0.3 is 25.7 Å². The molecule has 1 aliphatic heterocycles. The van der Waals surface area contributed by atoms with Crippen molar-refractivity contribution < 1.29 is 18.8 Å². The number of amides is 3. The number of nitrogens with one attached hydrogen (secondary N) is 4. The number of carbonyl (C=O) groups excluding carboxylic acids is 3. The van der Waals surface area contributed by atoms with Crippen molar-refractivity contribution in [2.45, 2.75) is 25.4 Å². The first-order valence-corrected chi connectivity index (χ1v) is 9.26. The fraction of sp³-hybridized carbons (Fsp3) is 0.350. The van der Waals surface area contributed by atoms with E-state index in [1.807, 2.05) is 24.3 Å². The highest BCUT2D eigenvalue weighted by Crippen LogP contribution is 2.23. The normalized spacial score (nSPS) is 15.8. The second-order valence-corrected chi connectivity index (χ2v) is 6.59. The van der Waals surface area contributed by atoms with Crippen LogP contribution in [0.15, 0.2) is 40.8 Å². The lowest BCUT2D eigenvalue weighted by atomic mass is 10.1. The van der Waals surface area contributed by atoms with E-state index in [0.29, 0.717) is 12.3 Å². The minimum atomic E-state index is -0.456. The molecular formula is C20H24N4O4. The molecule has 1 aromatic carbocycles. The predicted molar refractivity (Wildman–Crippen MR) is 103 cm³/mol. The number of furan rings is 1. The largest absolute Gasteiger partial charge is 0.451 e. The minimum absolute atomic E-state index is 0.0102. The summed E-state index contributed by atoms with van der Waals surface area (Å²) in [5.41, 5.74) is 1.74. The Kier molecular flexibility index (Phi) is 6.44. The van der Waals surface area contributed by atoms with Gasteiger partial charge >= 0.3 is 0 Å². The van der Waals surface area contributed by atoms with Crippen LogP contribution in [0.1, 0.15) is 29.0 Å². The number of hydrogen-bond acceptors (Lipinski definition) is 5. The molecule has 1 atom stereocenters. The molecule has 2 aromatic rings. The third-order valence-electron chi connectivity index (χ3n) is 4.57. The van der Waals surface area contributed by atoms with Crippen molar-refractivity contribution in [2.24, 2.45) is 0 Å². The average molecular weight is 384 g/mol. The molecule has 4 N–H and O–H groups in total. The van der Waals surface area contributed by atoms with Crippen LogP contribution in [0.4, 0.5) is 0 Å². The van der Waals surface area contributed by atoms with Gasteiger partial charge in [-0.1, -0.05) is 18.2 Å². The molecule has 1 aliphatic rings. The minimum Gasteiger partial charge on any atom is -0.451 e. The van der Waals surface area contributed by atoms with Crippen LogP contribution in [-0.4, -0.2) is 43.9 Å². The molecule has 1 saturated heterocycles. The quantitative estimate of drug-likeness (QED) is 0.564. The first-order valence-electron chi connectivity index (χ1n) is 9.26. The van der Waals surface area contributed by atoms with Crippen LogP contribution < -0.4 is 21.3 Å². The lowest BCUT2D eigenvalue weighted by Crippen LogP contribution is -2.39. The summed E-state index contributed by atoms with van der Waals surface area (Å²) in [6, 6.07) is 10.7. The molecule has 0 radical (unpaired) electrons. The van der Waals surface area contributed by atoms with E-state index in [9.17, 15) is 14.4 Å². The zero-order valence-corrected chi connectivity index (χ0v) is 15.7. The van der Waals surface area contributed by atoms with Gasteiger partial charge in [0.2, 0.25) is 11.8 Å². The Morgan fingerprint density at radius 1 is 1.18 bits per heavy atom. The Balaban J connectivity index is 1.60. The maximum absolute atomic E-state index is 12.1. The fourth-order valence-electron chi connectivity index (χ4n) is 3.01. The van der Waals surface area contributed by atoms with Crippen molar-refractivity contribution in [1.82, 2.24) is 21.3 Å². The highest BCUT2D eigenvalue weighted by Gasteiger charge is 2.21. The summed E-state index contributed by atoms with van der Waals surface area (Å²) < 4.78 is 5.62. The summed E-state index contributed by atoms with van der Waals surface area (Å²) in [5, 5.41) is 11.0. The van der Waals surface area contributed by atoms with Crippen LogP contribution in [0.2, 0.25) is 0 Å². The molecule has 0 aliphatic carbocycles. The van der Waals surface area contributed by atoms with Crippen molar-refractivity contribution in [2.75, 3.05) is 20.1 Å². The molecular weight excluding hydrogens is 360 g/mol. The van der Waals surface area contributed by atoms with Gasteiger partial charge in [0.05, 0.1) is 12.6 Å². The smallest absolute Gasteiger partial charge is 0.287 e. The average Bonchev–Trinajstić information content (AvgIpc) is 3.42. The van der Waals surface area contributed by atoms with Crippen LogP contribution in [0.5, 0.6) is 0 Å². The van der Waals surface area contributed by atoms with Gasteiger partial charge in [-0.25, -0.2) is 0 Å². The van der Waals surface area contributed by atoms with E-state index in [2.05, 4.69) is 21.3 Å². The second kappa shape index (κ2) is 9.18. The maximum Gasteiger partial charge on any atom is 0.287 e. The summed E-state index contributed by atoms with van der Waals surface area (Å²) in [7, 11) is 1.50. The highest BCUT2D eigenvalue weighted by molar-refractivity contribution is 5.94. The van der Waals surface area contributed by atoms with Crippen molar-refractivity contribution in [3.8, 4) is 11.3 Å². The van der Waals surface area contributed by atoms with Gasteiger partial charge in [-0.3, -0.25) is 14.4 Å². The molecule has 8 heteroatoms. The van der Waals surface area contributed by atoms with Crippen molar-refractivity contribution in [1.29, 1.82) is 0 Å². The van der Waals surface area contributed by atoms with E-state index in [1.54, 1.807) is 12.1 Å². The zero-order chi connectivity index (χ0) is 19.9. The van der Waals surface area contributed by atoms with Crippen molar-refractivity contribution in [3.05, 3.63) is 47.7 Å². The van der Waals surface area contributed by atoms with E-state index >= 15 is 0 Å². The summed E-state index contributed by atoms with van der Waals surface area (Å²) in [5.74, 6) is -0.0679. The summed E-state index contributed by atoms with van der Waals surface area (Å²) >= 11 is 0. The topological polar surface area (TPSA) is 112 Å². The molecule has 0 saturated carbocycles. The molecule has 8 nitrogen and oxygen atoms in total. The van der Waals surface area contributed by atoms with Crippen LogP contribution in [0.25, 0.3) is 11.3 Å². The standard InChI is InChI=1S/C20H24N4O4/c1-21-18(25)12-24-20(27)17-8-7-16(28-17)14-5-2-4-13(10-14)11-23-19(26)15-6-3-9-22-15/h2,4-5,7-8,10,15,22H,3,6,9,11-12H2,1H3,(H,21,25)(H,23,26)(H,24,27). The highest BCUT2D eigenvalue weighted by atomic mass is 16.3. The molecule has 148 valence electrons.